The number of halogens is 1. The van der Waals surface area contributed by atoms with Gasteiger partial charge in [-0.3, -0.25) is 14.5 Å². The summed E-state index contributed by atoms with van der Waals surface area (Å²) >= 11 is 8.79. The number of amides is 2. The van der Waals surface area contributed by atoms with E-state index in [0.717, 1.165) is 10.0 Å². The second-order valence-corrected chi connectivity index (χ2v) is 7.93. The van der Waals surface area contributed by atoms with Gasteiger partial charge < -0.3 is 15.0 Å². The summed E-state index contributed by atoms with van der Waals surface area (Å²) < 4.78 is 6.58. The van der Waals surface area contributed by atoms with Gasteiger partial charge in [0.2, 0.25) is 0 Å². The number of thiocarbonyl (C=S) groups is 1. The second kappa shape index (κ2) is 9.86. The number of hydrogen-bond donors (Lipinski definition) is 1. The topological polar surface area (TPSA) is 61.9 Å². The Kier molecular flexibility index (Phi) is 7.23. The van der Waals surface area contributed by atoms with E-state index in [0.29, 0.717) is 35.2 Å². The quantitative estimate of drug-likeness (QED) is 0.477. The molecule has 1 aliphatic heterocycles. The fourth-order valence-corrected chi connectivity index (χ4v) is 3.68. The van der Waals surface area contributed by atoms with Gasteiger partial charge in [-0.2, -0.15) is 0 Å². The Morgan fingerprint density at radius 2 is 1.97 bits per heavy atom. The van der Waals surface area contributed by atoms with E-state index in [9.17, 15) is 9.59 Å². The lowest BCUT2D eigenvalue weighted by Gasteiger charge is -2.14. The Labute approximate surface area is 189 Å². The molecule has 1 N–H and O–H groups in total. The highest BCUT2D eigenvalue weighted by Crippen LogP contribution is 2.29. The monoisotopic (exact) mass is 487 g/mol. The van der Waals surface area contributed by atoms with Crippen molar-refractivity contribution in [2.45, 2.75) is 13.5 Å². The van der Waals surface area contributed by atoms with Crippen molar-refractivity contribution in [1.29, 1.82) is 0 Å². The first-order chi connectivity index (χ1) is 14.4. The molecule has 2 amide bonds. The smallest absolute Gasteiger partial charge is 0.276 e. The van der Waals surface area contributed by atoms with Crippen molar-refractivity contribution in [1.82, 2.24) is 15.1 Å². The van der Waals surface area contributed by atoms with Gasteiger partial charge in [-0.15, -0.1) is 0 Å². The van der Waals surface area contributed by atoms with E-state index in [1.807, 2.05) is 49.4 Å². The first-order valence-corrected chi connectivity index (χ1v) is 10.6. The molecule has 1 aliphatic rings. The Morgan fingerprint density at radius 3 is 2.63 bits per heavy atom. The number of rotatable bonds is 7. The van der Waals surface area contributed by atoms with Crippen LogP contribution in [0.3, 0.4) is 0 Å². The molecule has 0 aromatic heterocycles. The van der Waals surface area contributed by atoms with Gasteiger partial charge in [0.25, 0.3) is 11.8 Å². The molecule has 0 unspecified atom stereocenters. The molecule has 30 heavy (non-hydrogen) atoms. The lowest BCUT2D eigenvalue weighted by molar-refractivity contribution is -0.123. The fraction of sp³-hybridized carbons (Fsp3) is 0.227. The van der Waals surface area contributed by atoms with Crippen molar-refractivity contribution in [2.75, 3.05) is 20.2 Å². The van der Waals surface area contributed by atoms with Crippen LogP contribution in [0.15, 0.2) is 58.7 Å². The van der Waals surface area contributed by atoms with Crippen molar-refractivity contribution in [3.8, 4) is 5.75 Å². The lowest BCUT2D eigenvalue weighted by Crippen LogP contribution is -2.30. The first kappa shape index (κ1) is 22.0. The highest BCUT2D eigenvalue weighted by atomic mass is 79.9. The molecular formula is C22H22BrN3O3S. The van der Waals surface area contributed by atoms with Gasteiger partial charge in [0.15, 0.2) is 11.7 Å². The summed E-state index contributed by atoms with van der Waals surface area (Å²) in [6.45, 7) is 2.68. The highest BCUT2D eigenvalue weighted by molar-refractivity contribution is 9.10. The molecule has 2 aromatic rings. The summed E-state index contributed by atoms with van der Waals surface area (Å²) in [5.41, 5.74) is 2.15. The van der Waals surface area contributed by atoms with Crippen LogP contribution < -0.4 is 10.1 Å². The maximum absolute atomic E-state index is 12.7. The number of carbonyl (C=O) groups is 2. The third-order valence-electron chi connectivity index (χ3n) is 4.62. The van der Waals surface area contributed by atoms with E-state index in [1.165, 1.54) is 4.90 Å². The van der Waals surface area contributed by atoms with Crippen LogP contribution in [-0.4, -0.2) is 46.9 Å². The molecule has 0 spiro atoms. The molecule has 3 rings (SSSR count). The third-order valence-corrected chi connectivity index (χ3v) is 5.60. The second-order valence-electron chi connectivity index (χ2n) is 6.65. The van der Waals surface area contributed by atoms with Crippen molar-refractivity contribution >= 4 is 51.2 Å². The minimum Gasteiger partial charge on any atom is -0.483 e. The van der Waals surface area contributed by atoms with Gasteiger partial charge in [0.05, 0.1) is 0 Å². The average Bonchev–Trinajstić information content (AvgIpc) is 2.95. The van der Waals surface area contributed by atoms with E-state index in [4.69, 9.17) is 17.0 Å². The molecule has 0 radical (unpaired) electrons. The summed E-state index contributed by atoms with van der Waals surface area (Å²) in [5, 5.41) is 3.30. The van der Waals surface area contributed by atoms with Gasteiger partial charge in [0, 0.05) is 30.2 Å². The van der Waals surface area contributed by atoms with E-state index in [-0.39, 0.29) is 18.4 Å². The molecular weight excluding hydrogens is 466 g/mol. The normalized spacial score (nSPS) is 15.1. The molecule has 1 saturated heterocycles. The summed E-state index contributed by atoms with van der Waals surface area (Å²) in [7, 11) is 1.76. The summed E-state index contributed by atoms with van der Waals surface area (Å²) in [6, 6.07) is 15.1. The molecule has 6 nitrogen and oxygen atoms in total. The highest BCUT2D eigenvalue weighted by Gasteiger charge is 2.34. The number of nitrogens with one attached hydrogen (secondary N) is 1. The summed E-state index contributed by atoms with van der Waals surface area (Å²) in [4.78, 5) is 28.1. The number of carbonyl (C=O) groups excluding carboxylic acids is 2. The van der Waals surface area contributed by atoms with Crippen LogP contribution >= 0.6 is 28.1 Å². The van der Waals surface area contributed by atoms with Gasteiger partial charge in [0.1, 0.15) is 11.4 Å². The van der Waals surface area contributed by atoms with Crippen LogP contribution in [0.5, 0.6) is 5.75 Å². The van der Waals surface area contributed by atoms with Gasteiger partial charge in [-0.05, 0) is 49.0 Å². The number of nitrogens with zero attached hydrogens (tertiary/aromatic N) is 2. The van der Waals surface area contributed by atoms with Crippen molar-refractivity contribution in [3.05, 3.63) is 69.8 Å². The fourth-order valence-electron chi connectivity index (χ4n) is 2.99. The van der Waals surface area contributed by atoms with Crippen LogP contribution in [0, 0.1) is 0 Å². The molecule has 0 aliphatic carbocycles. The van der Waals surface area contributed by atoms with E-state index < -0.39 is 0 Å². The zero-order valence-corrected chi connectivity index (χ0v) is 19.1. The lowest BCUT2D eigenvalue weighted by atomic mass is 10.1. The number of ether oxygens (including phenoxy) is 1. The molecule has 0 atom stereocenters. The molecule has 2 aromatic carbocycles. The van der Waals surface area contributed by atoms with Crippen LogP contribution in [0.4, 0.5) is 0 Å². The van der Waals surface area contributed by atoms with Crippen LogP contribution in [0.2, 0.25) is 0 Å². The molecule has 0 bridgehead atoms. The molecule has 1 heterocycles. The molecule has 156 valence electrons. The third kappa shape index (κ3) is 5.06. The molecule has 0 saturated carbocycles. The summed E-state index contributed by atoms with van der Waals surface area (Å²) in [6.07, 6.45) is 1.73. The Morgan fingerprint density at radius 1 is 1.23 bits per heavy atom. The Balaban J connectivity index is 1.72. The Bertz CT molecular complexity index is 994. The van der Waals surface area contributed by atoms with Gasteiger partial charge >= 0.3 is 0 Å². The molecule has 1 fully saturated rings. The standard InChI is InChI=1S/C22H22BrN3O3S/c1-3-26-21(28)18(25(2)22(26)30)12-16-11-17(23)9-10-19(16)29-14-20(27)24-13-15-7-5-4-6-8-15/h4-12H,3,13-14H2,1-2H3,(H,24,27)/b18-12+. The predicted molar refractivity (Wildman–Crippen MR) is 124 cm³/mol. The Hall–Kier alpha value is -2.71. The van der Waals surface area contributed by atoms with E-state index >= 15 is 0 Å². The molecule has 8 heteroatoms. The number of hydrogen-bond acceptors (Lipinski definition) is 4. The van der Waals surface area contributed by atoms with Crippen molar-refractivity contribution < 1.29 is 14.3 Å². The van der Waals surface area contributed by atoms with Crippen LogP contribution in [-0.2, 0) is 16.1 Å². The van der Waals surface area contributed by atoms with Crippen molar-refractivity contribution in [2.24, 2.45) is 0 Å². The maximum Gasteiger partial charge on any atom is 0.276 e. The minimum atomic E-state index is -0.229. The first-order valence-electron chi connectivity index (χ1n) is 9.45. The van der Waals surface area contributed by atoms with Gasteiger partial charge in [-0.25, -0.2) is 0 Å². The maximum atomic E-state index is 12.7. The van der Waals surface area contributed by atoms with Crippen LogP contribution in [0.1, 0.15) is 18.1 Å². The predicted octanol–water partition coefficient (Wildman–Crippen LogP) is 3.56. The zero-order chi connectivity index (χ0) is 21.7. The van der Waals surface area contributed by atoms with E-state index in [1.54, 1.807) is 24.1 Å². The number of benzene rings is 2. The largest absolute Gasteiger partial charge is 0.483 e. The average molecular weight is 488 g/mol. The van der Waals surface area contributed by atoms with Crippen LogP contribution in [0.25, 0.3) is 6.08 Å². The summed E-state index contributed by atoms with van der Waals surface area (Å²) in [5.74, 6) is 0.118. The zero-order valence-electron chi connectivity index (χ0n) is 16.7. The SMILES string of the molecule is CCN1C(=O)/C(=C\c2cc(Br)ccc2OCC(=O)NCc2ccccc2)N(C)C1=S. The van der Waals surface area contributed by atoms with Gasteiger partial charge in [-0.1, -0.05) is 46.3 Å². The minimum absolute atomic E-state index is 0.131. The number of likely N-dealkylation sites (N-methyl/N-ethyl adjacent to an activating group) is 2. The van der Waals surface area contributed by atoms with Crippen molar-refractivity contribution in [3.63, 3.8) is 0 Å². The van der Waals surface area contributed by atoms with E-state index in [2.05, 4.69) is 21.2 Å².